The molecule has 0 saturated heterocycles. The van der Waals surface area contributed by atoms with Crippen LogP contribution in [0.25, 0.3) is 0 Å². The predicted octanol–water partition coefficient (Wildman–Crippen LogP) is 7.25. The summed E-state index contributed by atoms with van der Waals surface area (Å²) in [6.45, 7) is 5.83. The van der Waals surface area contributed by atoms with Gasteiger partial charge < -0.3 is 19.0 Å². The van der Waals surface area contributed by atoms with E-state index in [2.05, 4.69) is 12.1 Å². The molecule has 220 valence electrons. The molecule has 0 bridgehead atoms. The van der Waals surface area contributed by atoms with Crippen molar-refractivity contribution in [1.29, 1.82) is 0 Å². The summed E-state index contributed by atoms with van der Waals surface area (Å²) in [7, 11) is 1.80. The number of rotatable bonds is 25. The Balaban J connectivity index is 2.15. The summed E-state index contributed by atoms with van der Waals surface area (Å²) in [4.78, 5) is 15.8. The molecule has 0 aromatic heterocycles. The van der Waals surface area contributed by atoms with Crippen molar-refractivity contribution >= 4 is 13.5 Å². The van der Waals surface area contributed by atoms with Crippen LogP contribution in [0.1, 0.15) is 117 Å². The van der Waals surface area contributed by atoms with Crippen molar-refractivity contribution in [3.05, 3.63) is 0 Å². The molecule has 8 nitrogen and oxygen atoms in total. The molecule has 1 N–H and O–H groups in total. The van der Waals surface area contributed by atoms with Gasteiger partial charge in [0.25, 0.3) is 0 Å². The Morgan fingerprint density at radius 1 is 0.838 bits per heavy atom. The second-order valence-electron chi connectivity index (χ2n) is 11.7. The summed E-state index contributed by atoms with van der Waals surface area (Å²) >= 11 is 0. The predicted molar refractivity (Wildman–Crippen MR) is 152 cm³/mol. The van der Waals surface area contributed by atoms with Crippen LogP contribution in [0.3, 0.4) is 0 Å². The summed E-state index contributed by atoms with van der Waals surface area (Å²) in [6, 6.07) is 0. The quantitative estimate of drug-likeness (QED) is 0.0733. The van der Waals surface area contributed by atoms with Crippen LogP contribution in [-0.4, -0.2) is 74.8 Å². The minimum atomic E-state index is -4.17. The van der Waals surface area contributed by atoms with Crippen LogP contribution >= 0.6 is 7.82 Å². The molecule has 37 heavy (non-hydrogen) atoms. The van der Waals surface area contributed by atoms with E-state index in [-0.39, 0.29) is 19.8 Å². The van der Waals surface area contributed by atoms with Crippen molar-refractivity contribution in [2.24, 2.45) is 5.16 Å². The third-order valence-corrected chi connectivity index (χ3v) is 7.78. The molecule has 1 heterocycles. The fourth-order valence-electron chi connectivity index (χ4n) is 4.31. The third kappa shape index (κ3) is 18.4. The molecule has 0 aromatic carbocycles. The molecule has 2 atom stereocenters. The number of phosphoric acid groups is 1. The summed E-state index contributed by atoms with van der Waals surface area (Å²) < 4.78 is 29.3. The first-order valence-electron chi connectivity index (χ1n) is 14.9. The highest BCUT2D eigenvalue weighted by molar-refractivity contribution is 7.47. The van der Waals surface area contributed by atoms with Crippen molar-refractivity contribution in [2.45, 2.75) is 122 Å². The summed E-state index contributed by atoms with van der Waals surface area (Å²) in [5.74, 6) is 0. The number of phosphoric ester groups is 1. The minimum Gasteiger partial charge on any atom is -0.384 e. The number of oxime groups is 1. The Labute approximate surface area is 227 Å². The molecule has 1 aliphatic rings. The van der Waals surface area contributed by atoms with Gasteiger partial charge in [-0.25, -0.2) is 4.57 Å². The van der Waals surface area contributed by atoms with Gasteiger partial charge >= 0.3 is 7.82 Å². The van der Waals surface area contributed by atoms with Crippen molar-refractivity contribution in [3.63, 3.8) is 0 Å². The summed E-state index contributed by atoms with van der Waals surface area (Å²) in [5, 5.41) is 4.14. The second-order valence-corrected chi connectivity index (χ2v) is 13.2. The average molecular weight is 550 g/mol. The lowest BCUT2D eigenvalue weighted by atomic mass is 9.98. The molecule has 1 rings (SSSR count). The van der Waals surface area contributed by atoms with E-state index in [0.717, 1.165) is 25.0 Å². The first-order valence-corrected chi connectivity index (χ1v) is 16.3. The zero-order valence-corrected chi connectivity index (χ0v) is 25.6. The largest absolute Gasteiger partial charge is 0.472 e. The van der Waals surface area contributed by atoms with Gasteiger partial charge in [0.2, 0.25) is 0 Å². The molecule has 0 amide bonds. The van der Waals surface area contributed by atoms with Gasteiger partial charge in [0, 0.05) is 13.0 Å². The van der Waals surface area contributed by atoms with Crippen LogP contribution < -0.4 is 0 Å². The number of likely N-dealkylation sites (N-methyl/N-ethyl adjacent to an activating group) is 1. The minimum absolute atomic E-state index is 0.100. The molecule has 1 unspecified atom stereocenters. The Morgan fingerprint density at radius 3 is 1.86 bits per heavy atom. The third-order valence-electron chi connectivity index (χ3n) is 6.82. The lowest BCUT2D eigenvalue weighted by molar-refractivity contribution is -0.870. The first-order chi connectivity index (χ1) is 17.6. The molecule has 0 aromatic rings. The highest BCUT2D eigenvalue weighted by Crippen LogP contribution is 2.45. The van der Waals surface area contributed by atoms with E-state index < -0.39 is 13.4 Å². The van der Waals surface area contributed by atoms with E-state index in [9.17, 15) is 9.46 Å². The monoisotopic (exact) mass is 549 g/mol. The van der Waals surface area contributed by atoms with E-state index in [0.29, 0.717) is 24.1 Å². The highest BCUT2D eigenvalue weighted by atomic mass is 31.2. The molecule has 0 saturated carbocycles. The molecule has 0 radical (unpaired) electrons. The fraction of sp³-hybridized carbons (Fsp3) is 0.964. The molecular weight excluding hydrogens is 491 g/mol. The maximum atomic E-state index is 12.3. The van der Waals surface area contributed by atoms with Gasteiger partial charge in [0.15, 0.2) is 5.60 Å². The van der Waals surface area contributed by atoms with Crippen LogP contribution in [0.2, 0.25) is 0 Å². The van der Waals surface area contributed by atoms with E-state index >= 15 is 0 Å². The van der Waals surface area contributed by atoms with Crippen LogP contribution in [0.15, 0.2) is 5.16 Å². The molecule has 0 fully saturated rings. The van der Waals surface area contributed by atoms with Gasteiger partial charge in [0.1, 0.15) is 19.8 Å². The normalized spacial score (nSPS) is 19.6. The number of unbranched alkanes of at least 4 members (excludes halogenated alkanes) is 13. The topological polar surface area (TPSA) is 86.6 Å². The van der Waals surface area contributed by atoms with E-state index in [1.807, 2.05) is 28.1 Å². The molecule has 0 spiro atoms. The Bertz CT molecular complexity index is 655. The molecule has 1 aliphatic heterocycles. The first kappa shape index (κ1) is 34.5. The van der Waals surface area contributed by atoms with Crippen molar-refractivity contribution in [1.82, 2.24) is 0 Å². The lowest BCUT2D eigenvalue weighted by Crippen LogP contribution is -2.40. The number of ether oxygens (including phenoxy) is 1. The number of nitrogens with zero attached hydrogens (tertiary/aromatic N) is 2. The van der Waals surface area contributed by atoms with E-state index in [1.165, 1.54) is 77.0 Å². The van der Waals surface area contributed by atoms with E-state index in [4.69, 9.17) is 18.6 Å². The maximum absolute atomic E-state index is 12.3. The average Bonchev–Trinajstić information content (AvgIpc) is 3.25. The summed E-state index contributed by atoms with van der Waals surface area (Å²) in [6.07, 6.45) is 19.8. The van der Waals surface area contributed by atoms with Gasteiger partial charge in [-0.15, -0.1) is 0 Å². The van der Waals surface area contributed by atoms with Gasteiger partial charge in [-0.2, -0.15) is 0 Å². The van der Waals surface area contributed by atoms with Crippen LogP contribution in [-0.2, 0) is 23.2 Å². The molecular formula is C28H58N2O6P+. The zero-order chi connectivity index (χ0) is 27.5. The van der Waals surface area contributed by atoms with Gasteiger partial charge in [-0.05, 0) is 12.8 Å². The van der Waals surface area contributed by atoms with Gasteiger partial charge in [0.05, 0.1) is 33.5 Å². The van der Waals surface area contributed by atoms with Crippen LogP contribution in [0.4, 0.5) is 0 Å². The standard InChI is InChI=1S/C28H57N2O6P/c1-6-8-9-10-11-12-13-14-15-16-17-18-19-20-22-33-25-28(24-27(7-2)29-36-28)26-35-37(31,32)34-23-21-30(3,4)5/h6-26H2,1-5H3/p+1/t28-/m0/s1. The fourth-order valence-corrected chi connectivity index (χ4v) is 5.09. The smallest absolute Gasteiger partial charge is 0.384 e. The highest BCUT2D eigenvalue weighted by Gasteiger charge is 2.42. The Morgan fingerprint density at radius 2 is 1.38 bits per heavy atom. The Hall–Kier alpha value is -0.500. The van der Waals surface area contributed by atoms with Crippen molar-refractivity contribution in [3.8, 4) is 0 Å². The number of quaternary nitrogens is 1. The number of hydrogen-bond acceptors (Lipinski definition) is 6. The van der Waals surface area contributed by atoms with Crippen molar-refractivity contribution < 1.29 is 32.6 Å². The zero-order valence-electron chi connectivity index (χ0n) is 24.7. The second kappa shape index (κ2) is 19.5. The van der Waals surface area contributed by atoms with E-state index in [1.54, 1.807) is 0 Å². The van der Waals surface area contributed by atoms with Crippen LogP contribution in [0, 0.1) is 0 Å². The SMILES string of the molecule is CCCCCCCCCCCCCCCCOC[C@]1(COP(=O)(O)OCC[N+](C)(C)C)CC(CC)=NO1. The van der Waals surface area contributed by atoms with Gasteiger partial charge in [-0.3, -0.25) is 9.05 Å². The lowest BCUT2D eigenvalue weighted by Gasteiger charge is -2.27. The van der Waals surface area contributed by atoms with Crippen LogP contribution in [0.5, 0.6) is 0 Å². The number of hydrogen-bond donors (Lipinski definition) is 1. The molecule has 0 aliphatic carbocycles. The Kier molecular flexibility index (Phi) is 18.2. The summed E-state index contributed by atoms with van der Waals surface area (Å²) in [5.41, 5.74) is 0.0332. The van der Waals surface area contributed by atoms with Gasteiger partial charge in [-0.1, -0.05) is 102 Å². The van der Waals surface area contributed by atoms with Crippen molar-refractivity contribution in [2.75, 3.05) is 54.1 Å². The molecule has 9 heteroatoms. The maximum Gasteiger partial charge on any atom is 0.472 e.